The molecule has 2 N–H and O–H groups in total. The lowest BCUT2D eigenvalue weighted by atomic mass is 10.1. The quantitative estimate of drug-likeness (QED) is 0.477. The van der Waals surface area contributed by atoms with Crippen molar-refractivity contribution in [3.05, 3.63) is 58.6 Å². The van der Waals surface area contributed by atoms with Crippen LogP contribution in [-0.2, 0) is 18.8 Å². The predicted molar refractivity (Wildman–Crippen MR) is 108 cm³/mol. The highest BCUT2D eigenvalue weighted by Gasteiger charge is 2.06. The average Bonchev–Trinajstić information content (AvgIpc) is 3.20. The molecule has 0 spiro atoms. The number of thioether (sulfide) groups is 1. The number of rotatable bonds is 7. The van der Waals surface area contributed by atoms with Crippen LogP contribution in [0, 0.1) is 5.82 Å². The SMILES string of the molecule is CCNC(=NCc1ccc(F)cc1CSC)NCc1cn2ccsc2n1. The second-order valence-electron chi connectivity index (χ2n) is 5.72. The number of fused-ring (bicyclic) bond motifs is 1. The lowest BCUT2D eigenvalue weighted by Gasteiger charge is -2.11. The van der Waals surface area contributed by atoms with E-state index in [1.807, 2.05) is 41.4 Å². The molecule has 0 atom stereocenters. The zero-order chi connectivity index (χ0) is 18.4. The van der Waals surface area contributed by atoms with Gasteiger partial charge in [-0.15, -0.1) is 11.3 Å². The fourth-order valence-corrected chi connectivity index (χ4v) is 3.88. The maximum Gasteiger partial charge on any atom is 0.193 e. The summed E-state index contributed by atoms with van der Waals surface area (Å²) >= 11 is 3.29. The second-order valence-corrected chi connectivity index (χ2v) is 7.46. The molecule has 2 heterocycles. The molecule has 0 radical (unpaired) electrons. The number of guanidine groups is 1. The van der Waals surface area contributed by atoms with Gasteiger partial charge in [-0.05, 0) is 36.4 Å². The Hall–Kier alpha value is -2.06. The van der Waals surface area contributed by atoms with E-state index in [1.165, 1.54) is 6.07 Å². The molecule has 0 saturated heterocycles. The van der Waals surface area contributed by atoms with E-state index >= 15 is 0 Å². The van der Waals surface area contributed by atoms with Gasteiger partial charge in [0, 0.05) is 30.1 Å². The first-order valence-corrected chi connectivity index (χ1v) is 10.7. The molecular weight excluding hydrogens is 369 g/mol. The molecule has 1 aromatic carbocycles. The zero-order valence-electron chi connectivity index (χ0n) is 14.8. The van der Waals surface area contributed by atoms with Crippen molar-refractivity contribution in [2.45, 2.75) is 25.8 Å². The first-order valence-electron chi connectivity index (χ1n) is 8.39. The smallest absolute Gasteiger partial charge is 0.193 e. The van der Waals surface area contributed by atoms with E-state index in [9.17, 15) is 4.39 Å². The summed E-state index contributed by atoms with van der Waals surface area (Å²) in [7, 11) is 0. The monoisotopic (exact) mass is 391 g/mol. The number of hydrogen-bond donors (Lipinski definition) is 2. The van der Waals surface area contributed by atoms with Gasteiger partial charge in [0.25, 0.3) is 0 Å². The Morgan fingerprint density at radius 2 is 2.23 bits per heavy atom. The Balaban J connectivity index is 1.67. The molecule has 3 rings (SSSR count). The Morgan fingerprint density at radius 3 is 3.00 bits per heavy atom. The van der Waals surface area contributed by atoms with Gasteiger partial charge >= 0.3 is 0 Å². The van der Waals surface area contributed by atoms with Crippen LogP contribution < -0.4 is 10.6 Å². The van der Waals surface area contributed by atoms with E-state index in [4.69, 9.17) is 0 Å². The fraction of sp³-hybridized carbons (Fsp3) is 0.333. The number of thiazole rings is 1. The van der Waals surface area contributed by atoms with E-state index in [2.05, 4.69) is 20.6 Å². The van der Waals surface area contributed by atoms with Crippen molar-refractivity contribution < 1.29 is 4.39 Å². The van der Waals surface area contributed by atoms with E-state index in [0.29, 0.717) is 13.1 Å². The van der Waals surface area contributed by atoms with Gasteiger partial charge in [0.15, 0.2) is 10.9 Å². The minimum absolute atomic E-state index is 0.202. The van der Waals surface area contributed by atoms with Gasteiger partial charge in [-0.25, -0.2) is 14.4 Å². The molecule has 0 aliphatic heterocycles. The summed E-state index contributed by atoms with van der Waals surface area (Å²) in [5.41, 5.74) is 3.00. The minimum atomic E-state index is -0.202. The number of nitrogens with zero attached hydrogens (tertiary/aromatic N) is 3. The van der Waals surface area contributed by atoms with Gasteiger partial charge in [-0.2, -0.15) is 11.8 Å². The van der Waals surface area contributed by atoms with Crippen LogP contribution in [0.2, 0.25) is 0 Å². The molecule has 2 aromatic heterocycles. The van der Waals surface area contributed by atoms with Crippen LogP contribution in [0.4, 0.5) is 4.39 Å². The van der Waals surface area contributed by atoms with Crippen LogP contribution in [0.3, 0.4) is 0 Å². The van der Waals surface area contributed by atoms with Gasteiger partial charge in [-0.3, -0.25) is 4.40 Å². The van der Waals surface area contributed by atoms with Gasteiger partial charge < -0.3 is 10.6 Å². The number of imidazole rings is 1. The number of hydrogen-bond acceptors (Lipinski definition) is 4. The third-order valence-corrected chi connectivity index (χ3v) is 5.17. The van der Waals surface area contributed by atoms with Crippen molar-refractivity contribution in [2.24, 2.45) is 4.99 Å². The molecule has 3 aromatic rings. The summed E-state index contributed by atoms with van der Waals surface area (Å²) in [5.74, 6) is 1.30. The van der Waals surface area contributed by atoms with Crippen LogP contribution in [0.5, 0.6) is 0 Å². The van der Waals surface area contributed by atoms with E-state index in [0.717, 1.165) is 40.0 Å². The Kier molecular flexibility index (Phi) is 6.51. The van der Waals surface area contributed by atoms with Crippen molar-refractivity contribution in [3.8, 4) is 0 Å². The van der Waals surface area contributed by atoms with Crippen LogP contribution in [0.1, 0.15) is 23.7 Å². The highest BCUT2D eigenvalue weighted by Crippen LogP contribution is 2.17. The van der Waals surface area contributed by atoms with Gasteiger partial charge in [0.1, 0.15) is 5.82 Å². The molecule has 0 fully saturated rings. The molecule has 138 valence electrons. The predicted octanol–water partition coefficient (Wildman–Crippen LogP) is 3.65. The normalized spacial score (nSPS) is 11.9. The van der Waals surface area contributed by atoms with Crippen molar-refractivity contribution >= 4 is 34.0 Å². The highest BCUT2D eigenvalue weighted by molar-refractivity contribution is 7.97. The van der Waals surface area contributed by atoms with Crippen molar-refractivity contribution in [1.82, 2.24) is 20.0 Å². The first-order chi connectivity index (χ1) is 12.7. The second kappa shape index (κ2) is 9.05. The highest BCUT2D eigenvalue weighted by atomic mass is 32.2. The average molecular weight is 392 g/mol. The van der Waals surface area contributed by atoms with Crippen LogP contribution in [0.25, 0.3) is 4.96 Å². The molecule has 0 aliphatic carbocycles. The summed E-state index contributed by atoms with van der Waals surface area (Å²) in [6.07, 6.45) is 6.02. The third-order valence-electron chi connectivity index (χ3n) is 3.80. The Bertz CT molecular complexity index is 858. The summed E-state index contributed by atoms with van der Waals surface area (Å²) < 4.78 is 15.5. The number of nitrogens with one attached hydrogen (secondary N) is 2. The molecule has 0 bridgehead atoms. The van der Waals surface area contributed by atoms with E-state index in [1.54, 1.807) is 29.2 Å². The largest absolute Gasteiger partial charge is 0.357 e. The van der Waals surface area contributed by atoms with Crippen LogP contribution in [-0.4, -0.2) is 28.1 Å². The molecule has 26 heavy (non-hydrogen) atoms. The molecule has 0 unspecified atom stereocenters. The Morgan fingerprint density at radius 1 is 1.35 bits per heavy atom. The molecule has 0 saturated carbocycles. The molecule has 0 aliphatic rings. The lowest BCUT2D eigenvalue weighted by molar-refractivity contribution is 0.625. The summed E-state index contributed by atoms with van der Waals surface area (Å²) in [6, 6.07) is 4.91. The van der Waals surface area contributed by atoms with Crippen molar-refractivity contribution in [2.75, 3.05) is 12.8 Å². The maximum atomic E-state index is 13.5. The number of halogens is 1. The fourth-order valence-electron chi connectivity index (χ4n) is 2.58. The molecule has 8 heteroatoms. The van der Waals surface area contributed by atoms with Gasteiger partial charge in [0.2, 0.25) is 0 Å². The van der Waals surface area contributed by atoms with Gasteiger partial charge in [0.05, 0.1) is 18.8 Å². The lowest BCUT2D eigenvalue weighted by Crippen LogP contribution is -2.36. The summed E-state index contributed by atoms with van der Waals surface area (Å²) in [5, 5.41) is 8.56. The summed E-state index contributed by atoms with van der Waals surface area (Å²) in [6.45, 7) is 3.90. The number of aliphatic imine (C=N–C) groups is 1. The molecule has 5 nitrogen and oxygen atoms in total. The molecule has 0 amide bonds. The maximum absolute atomic E-state index is 13.5. The van der Waals surface area contributed by atoms with Crippen molar-refractivity contribution in [3.63, 3.8) is 0 Å². The van der Waals surface area contributed by atoms with E-state index < -0.39 is 0 Å². The van der Waals surface area contributed by atoms with Crippen molar-refractivity contribution in [1.29, 1.82) is 0 Å². The summed E-state index contributed by atoms with van der Waals surface area (Å²) in [4.78, 5) is 10.2. The minimum Gasteiger partial charge on any atom is -0.357 e. The standard InChI is InChI=1S/C18H22FN5S2/c1-3-20-17(22-10-16-11-24-6-7-26-18(24)23-16)21-9-13-4-5-15(19)8-14(13)12-25-2/h4-8,11H,3,9-10,12H2,1-2H3,(H2,20,21,22). The van der Waals surface area contributed by atoms with Crippen LogP contribution >= 0.6 is 23.1 Å². The van der Waals surface area contributed by atoms with Crippen LogP contribution in [0.15, 0.2) is 41.0 Å². The number of aromatic nitrogens is 2. The Labute approximate surface area is 160 Å². The topological polar surface area (TPSA) is 53.7 Å². The third kappa shape index (κ3) is 4.76. The zero-order valence-corrected chi connectivity index (χ0v) is 16.5. The first kappa shape index (κ1) is 18.7. The molecular formula is C18H22FN5S2. The van der Waals surface area contributed by atoms with E-state index in [-0.39, 0.29) is 5.82 Å². The van der Waals surface area contributed by atoms with Gasteiger partial charge in [-0.1, -0.05) is 6.07 Å². The number of benzene rings is 1.